The first-order valence-electron chi connectivity index (χ1n) is 9.60. The van der Waals surface area contributed by atoms with E-state index in [0.29, 0.717) is 11.3 Å². The molecule has 0 heterocycles. The van der Waals surface area contributed by atoms with E-state index in [1.807, 2.05) is 0 Å². The van der Waals surface area contributed by atoms with Crippen LogP contribution in [0.1, 0.15) is 72.6 Å². The molecule has 0 N–H and O–H groups in total. The number of carbonyl (C=O) groups is 1. The summed E-state index contributed by atoms with van der Waals surface area (Å²) in [5, 5.41) is 0. The lowest BCUT2D eigenvalue weighted by Crippen LogP contribution is -2.51. The zero-order valence-electron chi connectivity index (χ0n) is 15.5. The van der Waals surface area contributed by atoms with E-state index in [9.17, 15) is 4.79 Å². The van der Waals surface area contributed by atoms with Gasteiger partial charge in [-0.05, 0) is 74.0 Å². The highest BCUT2D eigenvalue weighted by molar-refractivity contribution is 5.77. The van der Waals surface area contributed by atoms with Crippen LogP contribution in [0.25, 0.3) is 0 Å². The van der Waals surface area contributed by atoms with E-state index in [1.54, 1.807) is 18.3 Å². The summed E-state index contributed by atoms with van der Waals surface area (Å²) in [6.45, 7) is 9.61. The maximum absolute atomic E-state index is 12.6. The van der Waals surface area contributed by atoms with Gasteiger partial charge in [0.2, 0.25) is 0 Å². The predicted molar refractivity (Wildman–Crippen MR) is 91.8 cm³/mol. The molecule has 2 fully saturated rings. The third-order valence-corrected chi connectivity index (χ3v) is 8.79. The SMILES string of the molecule is COC(=O)[C@]1(C)CCC[C@]2(C)C3=C(CC[C@@H]12)[C@@H]1[C@H](C)[C@]1(C)CC3. The molecule has 4 aliphatic rings. The smallest absolute Gasteiger partial charge is 0.311 e. The molecular formula is C21H32O2. The summed E-state index contributed by atoms with van der Waals surface area (Å²) in [5.41, 5.74) is 4.10. The number of ether oxygens (including phenoxy) is 1. The van der Waals surface area contributed by atoms with Gasteiger partial charge < -0.3 is 4.74 Å². The summed E-state index contributed by atoms with van der Waals surface area (Å²) in [4.78, 5) is 12.6. The summed E-state index contributed by atoms with van der Waals surface area (Å²) in [6.07, 6.45) is 8.46. The van der Waals surface area contributed by atoms with Gasteiger partial charge in [-0.2, -0.15) is 0 Å². The molecule has 0 amide bonds. The number of carbonyl (C=O) groups excluding carboxylic acids is 1. The molecule has 4 aliphatic carbocycles. The molecule has 2 nitrogen and oxygen atoms in total. The van der Waals surface area contributed by atoms with Gasteiger partial charge in [-0.3, -0.25) is 4.79 Å². The van der Waals surface area contributed by atoms with Crippen LogP contribution >= 0.6 is 0 Å². The Bertz CT molecular complexity index is 591. The molecule has 0 aromatic rings. The average molecular weight is 316 g/mol. The molecule has 0 radical (unpaired) electrons. The Morgan fingerprint density at radius 1 is 1.13 bits per heavy atom. The number of rotatable bonds is 1. The number of fused-ring (bicyclic) bond motifs is 4. The lowest BCUT2D eigenvalue weighted by molar-refractivity contribution is -0.163. The lowest BCUT2D eigenvalue weighted by atomic mass is 9.48. The summed E-state index contributed by atoms with van der Waals surface area (Å²) in [6, 6.07) is 0. The van der Waals surface area contributed by atoms with Crippen molar-refractivity contribution in [2.75, 3.05) is 7.11 Å². The van der Waals surface area contributed by atoms with Crippen molar-refractivity contribution in [3.8, 4) is 0 Å². The molecular weight excluding hydrogens is 284 g/mol. The lowest BCUT2D eigenvalue weighted by Gasteiger charge is -2.56. The summed E-state index contributed by atoms with van der Waals surface area (Å²) >= 11 is 0. The molecule has 23 heavy (non-hydrogen) atoms. The van der Waals surface area contributed by atoms with Crippen molar-refractivity contribution in [3.05, 3.63) is 11.1 Å². The summed E-state index contributed by atoms with van der Waals surface area (Å²) in [7, 11) is 1.56. The molecule has 6 atom stereocenters. The van der Waals surface area contributed by atoms with Crippen molar-refractivity contribution < 1.29 is 9.53 Å². The fourth-order valence-corrected chi connectivity index (χ4v) is 7.23. The van der Waals surface area contributed by atoms with Gasteiger partial charge in [-0.1, -0.05) is 38.3 Å². The van der Waals surface area contributed by atoms with Crippen LogP contribution in [0.2, 0.25) is 0 Å². The van der Waals surface area contributed by atoms with Crippen LogP contribution in [0.4, 0.5) is 0 Å². The monoisotopic (exact) mass is 316 g/mol. The van der Waals surface area contributed by atoms with Crippen molar-refractivity contribution in [2.24, 2.45) is 34.0 Å². The molecule has 0 spiro atoms. The molecule has 4 rings (SSSR count). The molecule has 128 valence electrons. The van der Waals surface area contributed by atoms with Crippen LogP contribution < -0.4 is 0 Å². The highest BCUT2D eigenvalue weighted by atomic mass is 16.5. The quantitative estimate of drug-likeness (QED) is 0.495. The molecule has 0 aromatic carbocycles. The van der Waals surface area contributed by atoms with Gasteiger partial charge in [0, 0.05) is 0 Å². The van der Waals surface area contributed by atoms with Crippen molar-refractivity contribution in [2.45, 2.75) is 72.6 Å². The Balaban J connectivity index is 1.76. The third kappa shape index (κ3) is 1.79. The Morgan fingerprint density at radius 2 is 1.87 bits per heavy atom. The fourth-order valence-electron chi connectivity index (χ4n) is 7.23. The van der Waals surface area contributed by atoms with E-state index in [2.05, 4.69) is 27.7 Å². The van der Waals surface area contributed by atoms with Crippen molar-refractivity contribution >= 4 is 5.97 Å². The van der Waals surface area contributed by atoms with E-state index in [1.165, 1.54) is 32.1 Å². The van der Waals surface area contributed by atoms with E-state index in [-0.39, 0.29) is 16.8 Å². The first-order valence-corrected chi connectivity index (χ1v) is 9.60. The normalized spacial score (nSPS) is 51.4. The number of hydrogen-bond acceptors (Lipinski definition) is 2. The zero-order chi connectivity index (χ0) is 16.6. The number of esters is 1. The van der Waals surface area contributed by atoms with Gasteiger partial charge in [-0.25, -0.2) is 0 Å². The van der Waals surface area contributed by atoms with Gasteiger partial charge in [0.1, 0.15) is 0 Å². The zero-order valence-corrected chi connectivity index (χ0v) is 15.5. The van der Waals surface area contributed by atoms with Crippen molar-refractivity contribution in [3.63, 3.8) is 0 Å². The first kappa shape index (κ1) is 15.7. The van der Waals surface area contributed by atoms with Gasteiger partial charge in [0.05, 0.1) is 12.5 Å². The predicted octanol–water partition coefficient (Wildman–Crippen LogP) is 5.13. The molecule has 2 heteroatoms. The van der Waals surface area contributed by atoms with Crippen LogP contribution in [0.15, 0.2) is 11.1 Å². The van der Waals surface area contributed by atoms with Gasteiger partial charge in [0.15, 0.2) is 0 Å². The van der Waals surface area contributed by atoms with E-state index in [4.69, 9.17) is 4.74 Å². The second kappa shape index (κ2) is 4.64. The van der Waals surface area contributed by atoms with Crippen LogP contribution in [0.3, 0.4) is 0 Å². The standard InChI is InChI=1S/C21H32O2/c1-13-17-14-7-8-16-20(3,15(14)9-12-19(13,17)2)10-6-11-21(16,4)18(22)23-5/h13,16-17H,6-12H2,1-5H3/t13-,16+,17-,19-,20+,21+/m0/s1. The maximum atomic E-state index is 12.6. The van der Waals surface area contributed by atoms with E-state index >= 15 is 0 Å². The number of methoxy groups -OCH3 is 1. The van der Waals surface area contributed by atoms with Gasteiger partial charge in [0.25, 0.3) is 0 Å². The molecule has 0 saturated heterocycles. The second-order valence-electron chi connectivity index (χ2n) is 9.55. The Morgan fingerprint density at radius 3 is 2.57 bits per heavy atom. The first-order chi connectivity index (χ1) is 10.8. The minimum Gasteiger partial charge on any atom is -0.469 e. The van der Waals surface area contributed by atoms with E-state index in [0.717, 1.165) is 24.7 Å². The van der Waals surface area contributed by atoms with Crippen molar-refractivity contribution in [1.82, 2.24) is 0 Å². The molecule has 0 bridgehead atoms. The van der Waals surface area contributed by atoms with Crippen LogP contribution in [0, 0.1) is 34.0 Å². The fraction of sp³-hybridized carbons (Fsp3) is 0.857. The van der Waals surface area contributed by atoms with Gasteiger partial charge in [-0.15, -0.1) is 0 Å². The van der Waals surface area contributed by atoms with Crippen LogP contribution in [-0.4, -0.2) is 13.1 Å². The Labute approximate surface area is 141 Å². The van der Waals surface area contributed by atoms with Crippen LogP contribution in [-0.2, 0) is 9.53 Å². The molecule has 0 aromatic heterocycles. The average Bonchev–Trinajstić information content (AvgIpc) is 3.08. The highest BCUT2D eigenvalue weighted by Gasteiger charge is 2.65. The Hall–Kier alpha value is -0.790. The molecule has 0 unspecified atom stereocenters. The minimum atomic E-state index is -0.282. The molecule has 2 saturated carbocycles. The summed E-state index contributed by atoms with van der Waals surface area (Å²) < 4.78 is 5.23. The Kier molecular flexibility index (Phi) is 3.17. The second-order valence-corrected chi connectivity index (χ2v) is 9.55. The maximum Gasteiger partial charge on any atom is 0.311 e. The van der Waals surface area contributed by atoms with Gasteiger partial charge >= 0.3 is 5.97 Å². The molecule has 0 aliphatic heterocycles. The number of allylic oxidation sites excluding steroid dienone is 2. The minimum absolute atomic E-state index is 0.0258. The number of hydrogen-bond donors (Lipinski definition) is 0. The largest absolute Gasteiger partial charge is 0.469 e. The highest BCUT2D eigenvalue weighted by Crippen LogP contribution is 2.73. The topological polar surface area (TPSA) is 26.3 Å². The summed E-state index contributed by atoms with van der Waals surface area (Å²) in [5.74, 6) is 2.20. The van der Waals surface area contributed by atoms with E-state index < -0.39 is 0 Å². The van der Waals surface area contributed by atoms with Crippen LogP contribution in [0.5, 0.6) is 0 Å². The van der Waals surface area contributed by atoms with Crippen molar-refractivity contribution in [1.29, 1.82) is 0 Å². The third-order valence-electron chi connectivity index (χ3n) is 8.79.